The Morgan fingerprint density at radius 1 is 0.422 bits per heavy atom. The molecule has 3 saturated heterocycles. The highest BCUT2D eigenvalue weighted by Gasteiger charge is 2.36. The van der Waals surface area contributed by atoms with Gasteiger partial charge in [-0.3, -0.25) is 29.3 Å². The van der Waals surface area contributed by atoms with Crippen LogP contribution in [0.4, 0.5) is 62.5 Å². The first-order chi connectivity index (χ1) is 65.7. The molecule has 9 heterocycles. The number of benzene rings is 9. The molecule has 2 unspecified atom stereocenters. The number of aromatic nitrogens is 8. The maximum atomic E-state index is 13.7. The van der Waals surface area contributed by atoms with Crippen LogP contribution in [0.5, 0.6) is 0 Å². The van der Waals surface area contributed by atoms with Crippen LogP contribution in [-0.2, 0) is 32.0 Å². The molecule has 0 radical (unpaired) electrons. The summed E-state index contributed by atoms with van der Waals surface area (Å²) in [6.07, 6.45) is 28.0. The fourth-order valence-electron chi connectivity index (χ4n) is 17.9. The maximum absolute atomic E-state index is 13.7. The molecule has 0 bridgehead atoms. The number of H-pyrrole nitrogens is 2. The number of para-hydroxylation sites is 5. The van der Waals surface area contributed by atoms with Gasteiger partial charge < -0.3 is 70.9 Å². The predicted molar refractivity (Wildman–Crippen MR) is 527 cm³/mol. The van der Waals surface area contributed by atoms with Gasteiger partial charge >= 0.3 is 12.1 Å². The molecule has 4 aliphatic heterocycles. The average Bonchev–Trinajstić information content (AvgIpc) is 1.80. The third-order valence-electron chi connectivity index (χ3n) is 24.8. The highest BCUT2D eigenvalue weighted by molar-refractivity contribution is 6.08. The van der Waals surface area contributed by atoms with Crippen molar-refractivity contribution in [1.29, 1.82) is 0 Å². The van der Waals surface area contributed by atoms with Crippen LogP contribution in [0.3, 0.4) is 0 Å². The van der Waals surface area contributed by atoms with Gasteiger partial charge in [0.2, 0.25) is 35.6 Å². The molecule has 5 aromatic heterocycles. The summed E-state index contributed by atoms with van der Waals surface area (Å²) in [7, 11) is 0. The number of nitrogens with two attached hydrogens (primary N) is 1. The lowest BCUT2D eigenvalue weighted by Gasteiger charge is -2.38. The van der Waals surface area contributed by atoms with Crippen molar-refractivity contribution in [3.63, 3.8) is 0 Å². The normalized spacial score (nSPS) is 15.4. The standard InChI is InChI=1S/C43H43N7O4.C38H35N7O2.C26H27N5O3/c1-43(2,3)54-42(53)48-37-19-18-30(29-12-6-4-7-13-29)24-38(37)47-40(52)32-27-45-41(46-28-32)50(33-14-8-5-9-15-33)34-20-22-49(23-21-34)39(51)25-31-26-44-36-17-11-10-16-35(31)36;39-33-16-15-27(26-9-3-1-4-10-26)21-35(33)43-37(47)29-24-41-38(42-25-29)45(30-11-5-2-6-12-30)31-17-19-44(20-18-31)36(46)22-28-23-40-34-14-8-7-13-32(28)34;32-24(14-18-15-27-23-9-5-4-8-22(18)23)30-12-10-21(11-13-30)31(20-6-2-1-3-7-20)26-28-16-19(17-29-26)25(33)34/h4-19,24,26-28,34,44H,20-23,25H2,1-3H3,(H,47,52)(H,48,53);1-16,21,23-25,31,40H,17-20,22,39H2,(H,43,47);1-9,15-17,21-23,27H,10-14H2,(H,33,34). The van der Waals surface area contributed by atoms with Crippen molar-refractivity contribution < 1.29 is 43.4 Å². The quantitative estimate of drug-likeness (QED) is 0.0276. The highest BCUT2D eigenvalue weighted by Crippen LogP contribution is 2.38. The van der Waals surface area contributed by atoms with Gasteiger partial charge in [-0.1, -0.05) is 188 Å². The Labute approximate surface area is 782 Å². The predicted octanol–water partition coefficient (Wildman–Crippen LogP) is 18.7. The van der Waals surface area contributed by atoms with E-state index < -0.39 is 23.6 Å². The molecule has 9 N–H and O–H groups in total. The van der Waals surface area contributed by atoms with Crippen LogP contribution in [0.15, 0.2) is 322 Å². The number of likely N-dealkylation sites (tertiary alicyclic amines) is 3. The van der Waals surface area contributed by atoms with Crippen LogP contribution in [-0.4, -0.2) is 170 Å². The summed E-state index contributed by atoms with van der Waals surface area (Å²) < 4.78 is 5.47. The number of carboxylic acids is 1. The molecule has 14 aromatic rings. The van der Waals surface area contributed by atoms with Gasteiger partial charge in [-0.15, -0.1) is 0 Å². The van der Waals surface area contributed by atoms with Gasteiger partial charge in [0.1, 0.15) is 5.60 Å². The highest BCUT2D eigenvalue weighted by atomic mass is 16.6. The first-order valence-electron chi connectivity index (χ1n) is 45.5. The topological polar surface area (TPSA) is 351 Å². The Kier molecular flexibility index (Phi) is 28.0. The second-order valence-corrected chi connectivity index (χ2v) is 34.9. The molecule has 5 aliphatic rings. The van der Waals surface area contributed by atoms with Gasteiger partial charge in [0.25, 0.3) is 11.8 Å². The van der Waals surface area contributed by atoms with Crippen molar-refractivity contribution in [2.75, 3.05) is 75.7 Å². The molecule has 1 aliphatic carbocycles. The number of hydrogen-bond acceptors (Lipinski definition) is 19. The SMILES string of the molecule is CC(C)(C)OC(=O)Nc1ccc(-c2ccccc2)cc1NC(=O)c1cnc(N(c2ccccc2)C2CCN(C(=O)Cc3c[nH]c4ccccc34)CC2)nc1.Nc1ccc(-c2ccccc2)cc1NC(=O)c1cnc(N(c2ccccc2)C2CCN(C(=O)Cc3c[nH]c4ccccc34)CC2)nc1.O=C(O)c1cnc(N(c2ccccc2)C2CCN(C(=O)CC3=CNC4C=CC=CC34)CC2)nc1. The number of ether oxygens (including phenoxy) is 1. The Morgan fingerprint density at radius 3 is 1.21 bits per heavy atom. The fraction of sp³-hybridized carbons (Fsp3) is 0.224. The van der Waals surface area contributed by atoms with E-state index in [9.17, 15) is 38.7 Å². The number of aromatic carboxylic acids is 1. The van der Waals surface area contributed by atoms with Crippen molar-refractivity contribution in [3.8, 4) is 22.3 Å². The number of amides is 6. The number of aromatic amines is 2. The number of allylic oxidation sites excluding steroid dienone is 2. The van der Waals surface area contributed by atoms with Gasteiger partial charge in [0.05, 0.1) is 64.7 Å². The van der Waals surface area contributed by atoms with E-state index in [1.54, 1.807) is 45.3 Å². The average molecular weight is 1800 g/mol. The lowest BCUT2D eigenvalue weighted by atomic mass is 9.89. The van der Waals surface area contributed by atoms with Crippen molar-refractivity contribution in [3.05, 3.63) is 350 Å². The molecule has 9 aromatic carbocycles. The minimum Gasteiger partial charge on any atom is -0.478 e. The van der Waals surface area contributed by atoms with E-state index in [1.807, 2.05) is 270 Å². The summed E-state index contributed by atoms with van der Waals surface area (Å²) in [5.74, 6) is 0.232. The largest absolute Gasteiger partial charge is 0.478 e. The molecule has 135 heavy (non-hydrogen) atoms. The van der Waals surface area contributed by atoms with Crippen molar-refractivity contribution >= 4 is 121 Å². The molecular formula is C107H105N19O9. The molecule has 2 atom stereocenters. The molecule has 682 valence electrons. The number of hydrogen-bond donors (Lipinski definition) is 8. The van der Waals surface area contributed by atoms with Crippen LogP contribution in [0.2, 0.25) is 0 Å². The van der Waals surface area contributed by atoms with Gasteiger partial charge in [0, 0.05) is 152 Å². The fourth-order valence-corrected chi connectivity index (χ4v) is 17.9. The second-order valence-electron chi connectivity index (χ2n) is 34.9. The van der Waals surface area contributed by atoms with Crippen molar-refractivity contribution in [2.45, 2.75) is 108 Å². The zero-order valence-corrected chi connectivity index (χ0v) is 75.2. The third-order valence-corrected chi connectivity index (χ3v) is 24.8. The van der Waals surface area contributed by atoms with E-state index in [1.165, 1.54) is 24.8 Å². The molecule has 28 heteroatoms. The number of nitrogens with one attached hydrogen (secondary N) is 6. The lowest BCUT2D eigenvalue weighted by Crippen LogP contribution is -2.46. The van der Waals surface area contributed by atoms with Gasteiger partial charge in [-0.05, 0) is 177 Å². The first-order valence-corrected chi connectivity index (χ1v) is 45.5. The zero-order valence-electron chi connectivity index (χ0n) is 75.2. The smallest absolute Gasteiger partial charge is 0.412 e. The van der Waals surface area contributed by atoms with E-state index >= 15 is 0 Å². The van der Waals surface area contributed by atoms with Crippen molar-refractivity contribution in [2.24, 2.45) is 5.92 Å². The summed E-state index contributed by atoms with van der Waals surface area (Å²) >= 11 is 0. The number of fused-ring (bicyclic) bond motifs is 3. The third kappa shape index (κ3) is 22.1. The Hall–Kier alpha value is -16.4. The minimum absolute atomic E-state index is 0.0337. The molecular weight excluding hydrogens is 1700 g/mol. The summed E-state index contributed by atoms with van der Waals surface area (Å²) in [6.45, 7) is 9.16. The number of anilines is 10. The Bertz CT molecular complexity index is 6610. The monoisotopic (exact) mass is 1800 g/mol. The van der Waals surface area contributed by atoms with Crippen LogP contribution in [0.25, 0.3) is 44.1 Å². The van der Waals surface area contributed by atoms with Gasteiger partial charge in [0.15, 0.2) is 0 Å². The summed E-state index contributed by atoms with van der Waals surface area (Å²) in [5, 5.41) is 23.3. The van der Waals surface area contributed by atoms with Crippen LogP contribution < -0.4 is 41.7 Å². The molecule has 0 spiro atoms. The van der Waals surface area contributed by atoms with Crippen molar-refractivity contribution in [1.82, 2.24) is 59.9 Å². The maximum Gasteiger partial charge on any atom is 0.412 e. The zero-order chi connectivity index (χ0) is 93.3. The minimum atomic E-state index is -1.05. The summed E-state index contributed by atoms with van der Waals surface area (Å²) in [4.78, 5) is 137. The van der Waals surface area contributed by atoms with Crippen LogP contribution >= 0.6 is 0 Å². The van der Waals surface area contributed by atoms with E-state index in [-0.39, 0.29) is 64.8 Å². The molecule has 0 saturated carbocycles. The number of piperidine rings is 3. The number of nitrogens with zero attached hydrogens (tertiary/aromatic N) is 12. The Balaban J connectivity index is 0.000000144. The molecule has 19 rings (SSSR count). The van der Waals surface area contributed by atoms with E-state index in [0.29, 0.717) is 105 Å². The molecule has 6 amide bonds. The number of carbonyl (C=O) groups is 7. The second kappa shape index (κ2) is 41.8. The Morgan fingerprint density at radius 2 is 0.793 bits per heavy atom. The number of rotatable bonds is 23. The van der Waals surface area contributed by atoms with E-state index in [4.69, 9.17) is 10.5 Å². The summed E-state index contributed by atoms with van der Waals surface area (Å²) in [6, 6.07) is 77.0. The van der Waals surface area contributed by atoms with Gasteiger partial charge in [-0.2, -0.15) is 0 Å². The first kappa shape index (κ1) is 90.5. The van der Waals surface area contributed by atoms with E-state index in [0.717, 1.165) is 116 Å². The van der Waals surface area contributed by atoms with E-state index in [2.05, 4.69) is 88.0 Å². The number of nitrogen functional groups attached to an aromatic ring is 1. The molecule has 3 fully saturated rings. The van der Waals surface area contributed by atoms with Crippen LogP contribution in [0.1, 0.15) is 108 Å². The lowest BCUT2D eigenvalue weighted by molar-refractivity contribution is -0.132. The number of carboxylic acid groups (broad SMARTS) is 1. The molecule has 28 nitrogen and oxygen atoms in total. The van der Waals surface area contributed by atoms with Gasteiger partial charge in [-0.25, -0.2) is 39.5 Å². The van der Waals surface area contributed by atoms with Crippen LogP contribution in [0, 0.1) is 5.92 Å². The number of carbonyl (C=O) groups excluding carboxylic acids is 6. The summed E-state index contributed by atoms with van der Waals surface area (Å²) in [5.41, 5.74) is 19.7.